The third kappa shape index (κ3) is 6.31. The number of hydrogen-bond donors (Lipinski definition) is 1. The molecule has 2 aromatic carbocycles. The summed E-state index contributed by atoms with van der Waals surface area (Å²) in [4.78, 5) is 38.7. The standard InChI is InChI=1S/C24H28N2O5/c1-17(23(28)25-15-19-8-10-21(30-2)11-9-19)31-24(29)20-14-22(27)26(16-20)13-12-18-6-4-3-5-7-18/h3-11,17,20H,12-16H2,1-2H3,(H,25,28)/t17-,20+/m1/s1. The second-order valence-corrected chi connectivity index (χ2v) is 7.62. The van der Waals surface area contributed by atoms with Crippen molar-refractivity contribution in [3.05, 3.63) is 65.7 Å². The number of nitrogens with zero attached hydrogens (tertiary/aromatic N) is 1. The molecular weight excluding hydrogens is 396 g/mol. The molecule has 3 rings (SSSR count). The van der Waals surface area contributed by atoms with Crippen LogP contribution >= 0.6 is 0 Å². The lowest BCUT2D eigenvalue weighted by Crippen LogP contribution is -2.37. The van der Waals surface area contributed by atoms with E-state index in [9.17, 15) is 14.4 Å². The van der Waals surface area contributed by atoms with Gasteiger partial charge in [0, 0.05) is 26.1 Å². The molecule has 1 aliphatic rings. The van der Waals surface area contributed by atoms with Crippen LogP contribution in [0.1, 0.15) is 24.5 Å². The lowest BCUT2D eigenvalue weighted by molar-refractivity contribution is -0.158. The maximum atomic E-state index is 12.5. The van der Waals surface area contributed by atoms with Gasteiger partial charge in [-0.05, 0) is 36.6 Å². The first-order valence-corrected chi connectivity index (χ1v) is 10.4. The van der Waals surface area contributed by atoms with E-state index in [0.717, 1.165) is 23.3 Å². The number of likely N-dealkylation sites (tertiary alicyclic amines) is 1. The molecule has 0 radical (unpaired) electrons. The van der Waals surface area contributed by atoms with E-state index in [-0.39, 0.29) is 18.2 Å². The number of carbonyl (C=O) groups is 3. The summed E-state index contributed by atoms with van der Waals surface area (Å²) >= 11 is 0. The van der Waals surface area contributed by atoms with Crippen LogP contribution in [0.3, 0.4) is 0 Å². The summed E-state index contributed by atoms with van der Waals surface area (Å²) in [5, 5.41) is 2.75. The molecule has 2 aromatic rings. The van der Waals surface area contributed by atoms with Crippen LogP contribution in [-0.2, 0) is 32.1 Å². The van der Waals surface area contributed by atoms with Gasteiger partial charge in [-0.15, -0.1) is 0 Å². The third-order valence-corrected chi connectivity index (χ3v) is 5.35. The van der Waals surface area contributed by atoms with E-state index in [2.05, 4.69) is 5.32 Å². The van der Waals surface area contributed by atoms with E-state index in [1.165, 1.54) is 6.92 Å². The minimum atomic E-state index is -0.931. The quantitative estimate of drug-likeness (QED) is 0.625. The summed E-state index contributed by atoms with van der Waals surface area (Å²) in [5.41, 5.74) is 2.05. The molecule has 0 bridgehead atoms. The van der Waals surface area contributed by atoms with Crippen molar-refractivity contribution in [1.29, 1.82) is 0 Å². The van der Waals surface area contributed by atoms with Gasteiger partial charge in [0.15, 0.2) is 6.10 Å². The zero-order chi connectivity index (χ0) is 22.2. The van der Waals surface area contributed by atoms with Crippen molar-refractivity contribution in [1.82, 2.24) is 10.2 Å². The number of methoxy groups -OCH3 is 1. The highest BCUT2D eigenvalue weighted by atomic mass is 16.5. The van der Waals surface area contributed by atoms with Crippen molar-refractivity contribution in [2.24, 2.45) is 5.92 Å². The SMILES string of the molecule is COc1ccc(CNC(=O)[C@@H](C)OC(=O)[C@H]2CC(=O)N(CCc3ccccc3)C2)cc1. The van der Waals surface area contributed by atoms with Gasteiger partial charge in [-0.25, -0.2) is 0 Å². The number of esters is 1. The van der Waals surface area contributed by atoms with E-state index < -0.39 is 18.0 Å². The van der Waals surface area contributed by atoms with Crippen molar-refractivity contribution in [3.63, 3.8) is 0 Å². The summed E-state index contributed by atoms with van der Waals surface area (Å²) < 4.78 is 10.4. The fraction of sp³-hybridized carbons (Fsp3) is 0.375. The van der Waals surface area contributed by atoms with Gasteiger partial charge in [-0.1, -0.05) is 42.5 Å². The van der Waals surface area contributed by atoms with Gasteiger partial charge in [0.2, 0.25) is 5.91 Å². The first kappa shape index (κ1) is 22.3. The molecule has 7 nitrogen and oxygen atoms in total. The number of carbonyl (C=O) groups excluding carboxylic acids is 3. The Kier molecular flexibility index (Phi) is 7.65. The highest BCUT2D eigenvalue weighted by Crippen LogP contribution is 2.20. The van der Waals surface area contributed by atoms with E-state index in [0.29, 0.717) is 19.6 Å². The van der Waals surface area contributed by atoms with Crippen LogP contribution < -0.4 is 10.1 Å². The highest BCUT2D eigenvalue weighted by Gasteiger charge is 2.36. The van der Waals surface area contributed by atoms with E-state index in [4.69, 9.17) is 9.47 Å². The summed E-state index contributed by atoms with van der Waals surface area (Å²) in [5.74, 6) is -0.756. The molecule has 0 unspecified atom stereocenters. The van der Waals surface area contributed by atoms with Crippen LogP contribution in [0.25, 0.3) is 0 Å². The number of benzene rings is 2. The molecule has 1 heterocycles. The molecule has 31 heavy (non-hydrogen) atoms. The zero-order valence-corrected chi connectivity index (χ0v) is 17.9. The van der Waals surface area contributed by atoms with Crippen molar-refractivity contribution >= 4 is 17.8 Å². The predicted octanol–water partition coefficient (Wildman–Crippen LogP) is 2.33. The average Bonchev–Trinajstić information content (AvgIpc) is 3.17. The van der Waals surface area contributed by atoms with Gasteiger partial charge in [0.1, 0.15) is 5.75 Å². The largest absolute Gasteiger partial charge is 0.497 e. The molecule has 1 fully saturated rings. The topological polar surface area (TPSA) is 84.9 Å². The Balaban J connectivity index is 1.43. The Labute approximate surface area is 182 Å². The van der Waals surface area contributed by atoms with E-state index in [1.807, 2.05) is 54.6 Å². The molecule has 164 valence electrons. The first-order chi connectivity index (χ1) is 15.0. The molecule has 1 saturated heterocycles. The normalized spacial score (nSPS) is 16.6. The Morgan fingerprint density at radius 3 is 2.48 bits per heavy atom. The van der Waals surface area contributed by atoms with Gasteiger partial charge in [0.25, 0.3) is 5.91 Å². The van der Waals surface area contributed by atoms with Crippen LogP contribution in [0.5, 0.6) is 5.75 Å². The van der Waals surface area contributed by atoms with Gasteiger partial charge in [-0.2, -0.15) is 0 Å². The Hall–Kier alpha value is -3.35. The molecule has 0 aliphatic carbocycles. The molecule has 1 N–H and O–H groups in total. The fourth-order valence-corrected chi connectivity index (χ4v) is 3.46. The van der Waals surface area contributed by atoms with Crippen molar-refractivity contribution in [2.45, 2.75) is 32.4 Å². The molecule has 0 saturated carbocycles. The highest BCUT2D eigenvalue weighted by molar-refractivity contribution is 5.88. The van der Waals surface area contributed by atoms with Gasteiger partial charge < -0.3 is 19.7 Å². The van der Waals surface area contributed by atoms with Crippen LogP contribution in [0.4, 0.5) is 0 Å². The van der Waals surface area contributed by atoms with Gasteiger partial charge in [0.05, 0.1) is 13.0 Å². The second-order valence-electron chi connectivity index (χ2n) is 7.62. The Morgan fingerprint density at radius 2 is 1.81 bits per heavy atom. The van der Waals surface area contributed by atoms with Gasteiger partial charge >= 0.3 is 5.97 Å². The molecule has 0 aromatic heterocycles. The average molecular weight is 424 g/mol. The number of hydrogen-bond acceptors (Lipinski definition) is 5. The second kappa shape index (κ2) is 10.6. The number of nitrogens with one attached hydrogen (secondary N) is 1. The van der Waals surface area contributed by atoms with Crippen LogP contribution in [-0.4, -0.2) is 49.0 Å². The molecular formula is C24H28N2O5. The first-order valence-electron chi connectivity index (χ1n) is 10.4. The lowest BCUT2D eigenvalue weighted by atomic mass is 10.1. The van der Waals surface area contributed by atoms with Crippen molar-refractivity contribution in [2.75, 3.05) is 20.2 Å². The van der Waals surface area contributed by atoms with Crippen LogP contribution in [0.2, 0.25) is 0 Å². The third-order valence-electron chi connectivity index (χ3n) is 5.35. The summed E-state index contributed by atoms with van der Waals surface area (Å²) in [6.07, 6.45) is -0.0778. The molecule has 2 amide bonds. The van der Waals surface area contributed by atoms with E-state index in [1.54, 1.807) is 12.0 Å². The minimum absolute atomic E-state index is 0.0607. The molecule has 0 spiro atoms. The Bertz CT molecular complexity index is 898. The summed E-state index contributed by atoms with van der Waals surface area (Å²) in [6, 6.07) is 17.2. The van der Waals surface area contributed by atoms with E-state index >= 15 is 0 Å². The number of rotatable bonds is 9. The number of amides is 2. The minimum Gasteiger partial charge on any atom is -0.497 e. The smallest absolute Gasteiger partial charge is 0.312 e. The molecule has 1 aliphatic heterocycles. The fourth-order valence-electron chi connectivity index (χ4n) is 3.46. The zero-order valence-electron chi connectivity index (χ0n) is 17.9. The maximum Gasteiger partial charge on any atom is 0.312 e. The van der Waals surface area contributed by atoms with Crippen molar-refractivity contribution < 1.29 is 23.9 Å². The monoisotopic (exact) mass is 424 g/mol. The maximum absolute atomic E-state index is 12.5. The predicted molar refractivity (Wildman–Crippen MR) is 115 cm³/mol. The van der Waals surface area contributed by atoms with Crippen LogP contribution in [0.15, 0.2) is 54.6 Å². The lowest BCUT2D eigenvalue weighted by Gasteiger charge is -2.18. The van der Waals surface area contributed by atoms with Gasteiger partial charge in [-0.3, -0.25) is 14.4 Å². The Morgan fingerprint density at radius 1 is 1.10 bits per heavy atom. The van der Waals surface area contributed by atoms with Crippen molar-refractivity contribution in [3.8, 4) is 5.75 Å². The van der Waals surface area contributed by atoms with Crippen LogP contribution in [0, 0.1) is 5.92 Å². The molecule has 7 heteroatoms. The summed E-state index contributed by atoms with van der Waals surface area (Å²) in [7, 11) is 1.59. The molecule has 2 atom stereocenters. The number of ether oxygens (including phenoxy) is 2. The summed E-state index contributed by atoms with van der Waals surface area (Å²) in [6.45, 7) is 2.74.